The van der Waals surface area contributed by atoms with Gasteiger partial charge in [0.2, 0.25) is 0 Å². The molecule has 0 saturated carbocycles. The molecule has 11 heavy (non-hydrogen) atoms. The predicted octanol–water partition coefficient (Wildman–Crippen LogP) is -0.0462. The van der Waals surface area contributed by atoms with E-state index < -0.39 is 5.41 Å². The van der Waals surface area contributed by atoms with Crippen LogP contribution in [0.25, 0.3) is 0 Å². The van der Waals surface area contributed by atoms with Gasteiger partial charge in [0.25, 0.3) is 11.8 Å². The Morgan fingerprint density at radius 3 is 1.64 bits per heavy atom. The topological polar surface area (TPSA) is 58.2 Å². The molecule has 4 heteroatoms. The van der Waals surface area contributed by atoms with Crippen molar-refractivity contribution in [3.05, 3.63) is 0 Å². The van der Waals surface area contributed by atoms with Gasteiger partial charge in [0.15, 0.2) is 0 Å². The zero-order valence-electron chi connectivity index (χ0n) is 6.73. The maximum atomic E-state index is 11.2. The second-order valence-electron chi connectivity index (χ2n) is 2.70. The van der Waals surface area contributed by atoms with Crippen LogP contribution in [0, 0.1) is 5.41 Å². The van der Waals surface area contributed by atoms with Crippen LogP contribution < -0.4 is 10.9 Å². The van der Waals surface area contributed by atoms with Crippen molar-refractivity contribution >= 4 is 11.8 Å². The summed E-state index contributed by atoms with van der Waals surface area (Å²) in [5.41, 5.74) is 3.84. The predicted molar refractivity (Wildman–Crippen MR) is 39.3 cm³/mol. The fourth-order valence-electron chi connectivity index (χ4n) is 1.35. The van der Waals surface area contributed by atoms with Crippen LogP contribution in [0.2, 0.25) is 0 Å². The van der Waals surface area contributed by atoms with Crippen LogP contribution >= 0.6 is 0 Å². The molecule has 1 heterocycles. The molecule has 1 fully saturated rings. The van der Waals surface area contributed by atoms with E-state index in [2.05, 4.69) is 10.9 Å². The number of hydrogen-bond donors (Lipinski definition) is 2. The van der Waals surface area contributed by atoms with Gasteiger partial charge in [-0.1, -0.05) is 13.8 Å². The molecule has 0 aliphatic carbocycles. The summed E-state index contributed by atoms with van der Waals surface area (Å²) in [5.74, 6) is -0.403. The number of nitrogens with one attached hydrogen (secondary N) is 2. The van der Waals surface area contributed by atoms with E-state index in [1.165, 1.54) is 0 Å². The Kier molecular flexibility index (Phi) is 1.85. The summed E-state index contributed by atoms with van der Waals surface area (Å²) in [4.78, 5) is 22.3. The minimum absolute atomic E-state index is 0.201. The molecular weight excluding hydrogens is 144 g/mol. The molecule has 0 atom stereocenters. The summed E-state index contributed by atoms with van der Waals surface area (Å²) in [6.07, 6.45) is 1.11. The molecule has 2 amide bonds. The molecule has 1 aliphatic heterocycles. The summed E-state index contributed by atoms with van der Waals surface area (Å²) >= 11 is 0. The molecule has 0 aromatic rings. The molecular formula is C7H12N2O2. The number of hydrazine groups is 1. The van der Waals surface area contributed by atoms with E-state index in [0.717, 1.165) is 0 Å². The SMILES string of the molecule is CCC1(CC)C(=O)NNC1=O. The molecule has 62 valence electrons. The zero-order valence-corrected chi connectivity index (χ0v) is 6.73. The number of amides is 2. The summed E-state index contributed by atoms with van der Waals surface area (Å²) in [7, 11) is 0. The Balaban J connectivity index is 2.94. The van der Waals surface area contributed by atoms with E-state index >= 15 is 0 Å². The van der Waals surface area contributed by atoms with Gasteiger partial charge in [0.05, 0.1) is 0 Å². The van der Waals surface area contributed by atoms with Crippen LogP contribution in [-0.4, -0.2) is 11.8 Å². The Morgan fingerprint density at radius 1 is 1.09 bits per heavy atom. The van der Waals surface area contributed by atoms with Crippen LogP contribution in [-0.2, 0) is 9.59 Å². The highest BCUT2D eigenvalue weighted by Crippen LogP contribution is 2.29. The minimum Gasteiger partial charge on any atom is -0.272 e. The van der Waals surface area contributed by atoms with Crippen molar-refractivity contribution in [2.24, 2.45) is 5.41 Å². The molecule has 0 aromatic carbocycles. The molecule has 0 radical (unpaired) electrons. The van der Waals surface area contributed by atoms with E-state index in [4.69, 9.17) is 0 Å². The highest BCUT2D eigenvalue weighted by Gasteiger charge is 2.47. The third-order valence-electron chi connectivity index (χ3n) is 2.37. The molecule has 1 saturated heterocycles. The average molecular weight is 156 g/mol. The number of rotatable bonds is 2. The molecule has 0 unspecified atom stereocenters. The molecule has 1 rings (SSSR count). The van der Waals surface area contributed by atoms with Crippen molar-refractivity contribution in [1.82, 2.24) is 10.9 Å². The van der Waals surface area contributed by atoms with Crippen molar-refractivity contribution in [3.63, 3.8) is 0 Å². The van der Waals surface area contributed by atoms with E-state index in [9.17, 15) is 9.59 Å². The van der Waals surface area contributed by atoms with Crippen LogP contribution in [0.4, 0.5) is 0 Å². The summed E-state index contributed by atoms with van der Waals surface area (Å²) in [5, 5.41) is 0. The molecule has 0 spiro atoms. The third-order valence-corrected chi connectivity index (χ3v) is 2.37. The van der Waals surface area contributed by atoms with Gasteiger partial charge < -0.3 is 0 Å². The molecule has 0 aromatic heterocycles. The number of carbonyl (C=O) groups excluding carboxylic acids is 2. The Bertz CT molecular complexity index is 179. The lowest BCUT2D eigenvalue weighted by molar-refractivity contribution is -0.136. The summed E-state index contributed by atoms with van der Waals surface area (Å²) < 4.78 is 0. The van der Waals surface area contributed by atoms with Gasteiger partial charge in [0.1, 0.15) is 5.41 Å². The minimum atomic E-state index is -0.806. The van der Waals surface area contributed by atoms with E-state index in [1.807, 2.05) is 13.8 Å². The Labute approximate surface area is 65.3 Å². The van der Waals surface area contributed by atoms with Crippen LogP contribution in [0.15, 0.2) is 0 Å². The first-order valence-corrected chi connectivity index (χ1v) is 3.78. The quantitative estimate of drug-likeness (QED) is 0.551. The van der Waals surface area contributed by atoms with E-state index in [1.54, 1.807) is 0 Å². The summed E-state index contributed by atoms with van der Waals surface area (Å²) in [6, 6.07) is 0. The van der Waals surface area contributed by atoms with Gasteiger partial charge >= 0.3 is 0 Å². The van der Waals surface area contributed by atoms with Crippen molar-refractivity contribution in [2.45, 2.75) is 26.7 Å². The van der Waals surface area contributed by atoms with Gasteiger partial charge in [-0.05, 0) is 12.8 Å². The lowest BCUT2D eigenvalue weighted by Gasteiger charge is -2.17. The second kappa shape index (κ2) is 2.53. The largest absolute Gasteiger partial charge is 0.272 e. The Hall–Kier alpha value is -1.06. The first-order chi connectivity index (χ1) is 5.17. The molecule has 1 aliphatic rings. The fraction of sp³-hybridized carbons (Fsp3) is 0.714. The van der Waals surface area contributed by atoms with Gasteiger partial charge in [-0.25, -0.2) is 0 Å². The van der Waals surface area contributed by atoms with Crippen LogP contribution in [0.3, 0.4) is 0 Å². The van der Waals surface area contributed by atoms with Gasteiger partial charge in [-0.15, -0.1) is 0 Å². The van der Waals surface area contributed by atoms with Gasteiger partial charge in [-0.2, -0.15) is 0 Å². The van der Waals surface area contributed by atoms with Gasteiger partial charge in [-0.3, -0.25) is 20.4 Å². The lowest BCUT2D eigenvalue weighted by Crippen LogP contribution is -2.34. The highest BCUT2D eigenvalue weighted by atomic mass is 16.2. The van der Waals surface area contributed by atoms with E-state index in [-0.39, 0.29) is 11.8 Å². The fourth-order valence-corrected chi connectivity index (χ4v) is 1.35. The number of hydrogen-bond acceptors (Lipinski definition) is 2. The second-order valence-corrected chi connectivity index (χ2v) is 2.70. The van der Waals surface area contributed by atoms with E-state index in [0.29, 0.717) is 12.8 Å². The smallest absolute Gasteiger partial charge is 0.254 e. The monoisotopic (exact) mass is 156 g/mol. The average Bonchev–Trinajstić information content (AvgIpc) is 2.29. The first kappa shape index (κ1) is 8.04. The highest BCUT2D eigenvalue weighted by molar-refractivity contribution is 6.09. The maximum Gasteiger partial charge on any atom is 0.254 e. The zero-order chi connectivity index (χ0) is 8.48. The van der Waals surface area contributed by atoms with Crippen molar-refractivity contribution in [1.29, 1.82) is 0 Å². The maximum absolute atomic E-state index is 11.2. The summed E-state index contributed by atoms with van der Waals surface area (Å²) in [6.45, 7) is 3.68. The van der Waals surface area contributed by atoms with Gasteiger partial charge in [0, 0.05) is 0 Å². The van der Waals surface area contributed by atoms with Crippen molar-refractivity contribution in [3.8, 4) is 0 Å². The Morgan fingerprint density at radius 2 is 1.45 bits per heavy atom. The number of carbonyl (C=O) groups is 2. The molecule has 4 nitrogen and oxygen atoms in total. The van der Waals surface area contributed by atoms with Crippen molar-refractivity contribution in [2.75, 3.05) is 0 Å². The third kappa shape index (κ3) is 0.895. The molecule has 0 bridgehead atoms. The normalized spacial score (nSPS) is 21.3. The first-order valence-electron chi connectivity index (χ1n) is 3.78. The standard InChI is InChI=1S/C7H12N2O2/c1-3-7(4-2)5(10)8-9-6(7)11/h3-4H2,1-2H3,(H,8,10)(H,9,11). The van der Waals surface area contributed by atoms with Crippen LogP contribution in [0.5, 0.6) is 0 Å². The lowest BCUT2D eigenvalue weighted by atomic mass is 9.82. The molecule has 2 N–H and O–H groups in total. The van der Waals surface area contributed by atoms with Crippen molar-refractivity contribution < 1.29 is 9.59 Å². The van der Waals surface area contributed by atoms with Crippen LogP contribution in [0.1, 0.15) is 26.7 Å².